The Hall–Kier alpha value is -1.13. The zero-order valence-corrected chi connectivity index (χ0v) is 11.7. The van der Waals surface area contributed by atoms with Crippen molar-refractivity contribution < 1.29 is 17.6 Å². The van der Waals surface area contributed by atoms with Crippen LogP contribution >= 0.6 is 0 Å². The summed E-state index contributed by atoms with van der Waals surface area (Å²) >= 11 is 0. The van der Waals surface area contributed by atoms with Gasteiger partial charge < -0.3 is 0 Å². The smallest absolute Gasteiger partial charge is 0.245 e. The first-order valence-corrected chi connectivity index (χ1v) is 6.06. The minimum absolute atomic E-state index is 0.153. The molecule has 1 nitrogen and oxygen atoms in total. The Morgan fingerprint density at radius 2 is 1.44 bits per heavy atom. The molecule has 0 saturated heterocycles. The van der Waals surface area contributed by atoms with Gasteiger partial charge in [0.05, 0.1) is 5.69 Å². The van der Waals surface area contributed by atoms with Gasteiger partial charge in [-0.2, -0.15) is 13.2 Å². The van der Waals surface area contributed by atoms with Gasteiger partial charge in [-0.05, 0) is 18.1 Å². The molecule has 0 unspecified atom stereocenters. The Balaban J connectivity index is 0. The van der Waals surface area contributed by atoms with Gasteiger partial charge in [0.1, 0.15) is 11.5 Å². The third-order valence-corrected chi connectivity index (χ3v) is 1.71. The van der Waals surface area contributed by atoms with Crippen molar-refractivity contribution in [2.45, 2.75) is 53.6 Å². The van der Waals surface area contributed by atoms with Crippen LogP contribution in [0.1, 0.15) is 58.8 Å². The van der Waals surface area contributed by atoms with Crippen LogP contribution < -0.4 is 0 Å². The van der Waals surface area contributed by atoms with Crippen LogP contribution in [0, 0.1) is 5.82 Å². The van der Waals surface area contributed by atoms with Crippen molar-refractivity contribution in [2.24, 2.45) is 0 Å². The maximum atomic E-state index is 13.0. The van der Waals surface area contributed by atoms with Gasteiger partial charge >= 0.3 is 6.18 Å². The molecule has 0 spiro atoms. The lowest BCUT2D eigenvalue weighted by Crippen LogP contribution is -2.11. The van der Waals surface area contributed by atoms with E-state index in [0.29, 0.717) is 6.07 Å². The molecule has 0 amide bonds. The second-order valence-electron chi connectivity index (χ2n) is 3.22. The van der Waals surface area contributed by atoms with Gasteiger partial charge in [-0.15, -0.1) is 0 Å². The largest absolute Gasteiger partial charge is 0.433 e. The SMILES string of the molecule is CC.CC.CC(C)c1nc(C(F)(F)F)ccc1F. The fourth-order valence-electron chi connectivity index (χ4n) is 1.02. The van der Waals surface area contributed by atoms with E-state index in [-0.39, 0.29) is 11.6 Å². The molecule has 1 aromatic rings. The summed E-state index contributed by atoms with van der Waals surface area (Å²) in [5.41, 5.74) is -1.21. The highest BCUT2D eigenvalue weighted by Crippen LogP contribution is 2.29. The maximum Gasteiger partial charge on any atom is 0.433 e. The monoisotopic (exact) mass is 267 g/mol. The molecule has 0 saturated carbocycles. The van der Waals surface area contributed by atoms with Crippen LogP contribution in [0.2, 0.25) is 0 Å². The van der Waals surface area contributed by atoms with Crippen LogP contribution in [0.15, 0.2) is 12.1 Å². The van der Waals surface area contributed by atoms with E-state index in [1.807, 2.05) is 27.7 Å². The van der Waals surface area contributed by atoms with Gasteiger partial charge in [0.2, 0.25) is 0 Å². The Morgan fingerprint density at radius 1 is 1.00 bits per heavy atom. The molecule has 0 N–H and O–H groups in total. The zero-order valence-electron chi connectivity index (χ0n) is 11.7. The summed E-state index contributed by atoms with van der Waals surface area (Å²) in [7, 11) is 0. The third kappa shape index (κ3) is 5.98. The number of pyridine rings is 1. The summed E-state index contributed by atoms with van der Waals surface area (Å²) < 4.78 is 49.5. The quantitative estimate of drug-likeness (QED) is 0.619. The van der Waals surface area contributed by atoms with Crippen LogP contribution in [0.3, 0.4) is 0 Å². The average Bonchev–Trinajstić information content (AvgIpc) is 2.33. The molecule has 0 aromatic carbocycles. The van der Waals surface area contributed by atoms with Crippen LogP contribution in [0.25, 0.3) is 0 Å². The molecule has 0 bridgehead atoms. The molecule has 0 fully saturated rings. The first-order chi connectivity index (χ1) is 8.32. The van der Waals surface area contributed by atoms with Gasteiger partial charge in [0.15, 0.2) is 0 Å². The highest BCUT2D eigenvalue weighted by Gasteiger charge is 2.33. The lowest BCUT2D eigenvalue weighted by molar-refractivity contribution is -0.141. The maximum absolute atomic E-state index is 13.0. The molecule has 0 aliphatic heterocycles. The van der Waals surface area contributed by atoms with Crippen molar-refractivity contribution >= 4 is 0 Å². The van der Waals surface area contributed by atoms with E-state index in [2.05, 4.69) is 4.98 Å². The fourth-order valence-corrected chi connectivity index (χ4v) is 1.02. The second-order valence-corrected chi connectivity index (χ2v) is 3.22. The normalized spacial score (nSPS) is 10.2. The molecular formula is C13H21F4N. The van der Waals surface area contributed by atoms with Crippen LogP contribution in [0.4, 0.5) is 17.6 Å². The zero-order chi connectivity index (χ0) is 14.9. The molecule has 1 heterocycles. The lowest BCUT2D eigenvalue weighted by atomic mass is 10.1. The summed E-state index contributed by atoms with van der Waals surface area (Å²) in [5.74, 6) is -1.06. The van der Waals surface area contributed by atoms with Crippen LogP contribution in [-0.2, 0) is 6.18 Å². The predicted octanol–water partition coefficient (Wildman–Crippen LogP) is 5.42. The number of hydrogen-bond donors (Lipinski definition) is 0. The number of nitrogens with zero attached hydrogens (tertiary/aromatic N) is 1. The third-order valence-electron chi connectivity index (χ3n) is 1.71. The van der Waals surface area contributed by atoms with Crippen molar-refractivity contribution in [3.63, 3.8) is 0 Å². The second kappa shape index (κ2) is 8.89. The summed E-state index contributed by atoms with van der Waals surface area (Å²) in [5, 5.41) is 0. The van der Waals surface area contributed by atoms with Gasteiger partial charge in [0, 0.05) is 0 Å². The first-order valence-electron chi connectivity index (χ1n) is 6.06. The van der Waals surface area contributed by atoms with E-state index in [0.717, 1.165) is 6.07 Å². The minimum atomic E-state index is -4.52. The Kier molecular flexibility index (Phi) is 9.49. The van der Waals surface area contributed by atoms with Crippen LogP contribution in [0.5, 0.6) is 0 Å². The number of rotatable bonds is 1. The topological polar surface area (TPSA) is 12.9 Å². The Labute approximate surface area is 106 Å². The lowest BCUT2D eigenvalue weighted by Gasteiger charge is -2.10. The summed E-state index contributed by atoms with van der Waals surface area (Å²) in [6.45, 7) is 11.2. The fraction of sp³-hybridized carbons (Fsp3) is 0.615. The standard InChI is InChI=1S/C9H9F4N.2C2H6/c1-5(2)8-6(10)3-4-7(14-8)9(11,12)13;2*1-2/h3-5H,1-2H3;2*1-2H3. The summed E-state index contributed by atoms with van der Waals surface area (Å²) in [4.78, 5) is 3.24. The van der Waals surface area contributed by atoms with Gasteiger partial charge in [-0.25, -0.2) is 9.37 Å². The van der Waals surface area contributed by atoms with Crippen molar-refractivity contribution in [1.82, 2.24) is 4.98 Å². The van der Waals surface area contributed by atoms with Gasteiger partial charge in [-0.3, -0.25) is 0 Å². The highest BCUT2D eigenvalue weighted by molar-refractivity contribution is 5.17. The van der Waals surface area contributed by atoms with E-state index in [4.69, 9.17) is 0 Å². The molecule has 1 rings (SSSR count). The first kappa shape index (κ1) is 19.2. The Morgan fingerprint density at radius 3 is 1.78 bits per heavy atom. The molecule has 106 valence electrons. The van der Waals surface area contributed by atoms with E-state index in [9.17, 15) is 17.6 Å². The van der Waals surface area contributed by atoms with Crippen molar-refractivity contribution in [1.29, 1.82) is 0 Å². The van der Waals surface area contributed by atoms with Crippen molar-refractivity contribution in [3.8, 4) is 0 Å². The van der Waals surface area contributed by atoms with Crippen molar-refractivity contribution in [2.75, 3.05) is 0 Å². The Bertz CT molecular complexity index is 332. The predicted molar refractivity (Wildman–Crippen MR) is 66.0 cm³/mol. The minimum Gasteiger partial charge on any atom is -0.245 e. The molecule has 0 atom stereocenters. The molecular weight excluding hydrogens is 246 g/mol. The number of alkyl halides is 3. The summed E-state index contributed by atoms with van der Waals surface area (Å²) in [6, 6.07) is 1.44. The molecule has 1 aromatic heterocycles. The average molecular weight is 267 g/mol. The molecule has 0 aliphatic carbocycles. The summed E-state index contributed by atoms with van der Waals surface area (Å²) in [6.07, 6.45) is -4.52. The van der Waals surface area contributed by atoms with E-state index in [1.165, 1.54) is 0 Å². The van der Waals surface area contributed by atoms with E-state index < -0.39 is 17.7 Å². The van der Waals surface area contributed by atoms with Gasteiger partial charge in [0.25, 0.3) is 0 Å². The van der Waals surface area contributed by atoms with Gasteiger partial charge in [-0.1, -0.05) is 41.5 Å². The number of aromatic nitrogens is 1. The van der Waals surface area contributed by atoms with E-state index >= 15 is 0 Å². The van der Waals surface area contributed by atoms with Crippen LogP contribution in [-0.4, -0.2) is 4.98 Å². The number of hydrogen-bond acceptors (Lipinski definition) is 1. The van der Waals surface area contributed by atoms with Crippen molar-refractivity contribution in [3.05, 3.63) is 29.3 Å². The number of halogens is 4. The van der Waals surface area contributed by atoms with E-state index in [1.54, 1.807) is 13.8 Å². The highest BCUT2D eigenvalue weighted by atomic mass is 19.4. The molecule has 18 heavy (non-hydrogen) atoms. The molecule has 0 aliphatic rings. The molecule has 5 heteroatoms. The molecule has 0 radical (unpaired) electrons.